The summed E-state index contributed by atoms with van der Waals surface area (Å²) in [6.45, 7) is 2.87. The molecule has 0 aliphatic heterocycles. The van der Waals surface area contributed by atoms with E-state index in [0.717, 1.165) is 31.0 Å². The second kappa shape index (κ2) is 3.93. The highest BCUT2D eigenvalue weighted by molar-refractivity contribution is 5.52. The van der Waals surface area contributed by atoms with Gasteiger partial charge in [-0.3, -0.25) is 0 Å². The lowest BCUT2D eigenvalue weighted by molar-refractivity contribution is 0.597. The molecule has 1 aromatic rings. The SMILES string of the molecule is CCCn1nc(CC2CC2)c(C#N)c1N. The minimum atomic E-state index is 0.537. The van der Waals surface area contributed by atoms with E-state index in [-0.39, 0.29) is 0 Å². The second-order valence-electron chi connectivity index (χ2n) is 4.19. The fourth-order valence-corrected chi connectivity index (χ4v) is 1.77. The molecular weight excluding hydrogens is 188 g/mol. The van der Waals surface area contributed by atoms with Crippen molar-refractivity contribution in [2.24, 2.45) is 5.92 Å². The maximum atomic E-state index is 9.03. The highest BCUT2D eigenvalue weighted by Gasteiger charge is 2.25. The van der Waals surface area contributed by atoms with Crippen LogP contribution in [0.2, 0.25) is 0 Å². The molecule has 4 heteroatoms. The van der Waals surface area contributed by atoms with Crippen LogP contribution in [-0.2, 0) is 13.0 Å². The van der Waals surface area contributed by atoms with Gasteiger partial charge >= 0.3 is 0 Å². The number of hydrogen-bond acceptors (Lipinski definition) is 3. The molecule has 0 atom stereocenters. The minimum Gasteiger partial charge on any atom is -0.383 e. The number of anilines is 1. The molecule has 80 valence electrons. The lowest BCUT2D eigenvalue weighted by Gasteiger charge is -1.99. The first-order chi connectivity index (χ1) is 7.26. The van der Waals surface area contributed by atoms with Gasteiger partial charge in [0.2, 0.25) is 0 Å². The van der Waals surface area contributed by atoms with Crippen LogP contribution in [-0.4, -0.2) is 9.78 Å². The van der Waals surface area contributed by atoms with E-state index in [1.165, 1.54) is 12.8 Å². The number of nitrogens with zero attached hydrogens (tertiary/aromatic N) is 3. The number of nitrogens with two attached hydrogens (primary N) is 1. The van der Waals surface area contributed by atoms with Crippen molar-refractivity contribution in [2.75, 3.05) is 5.73 Å². The summed E-state index contributed by atoms with van der Waals surface area (Å²) in [7, 11) is 0. The molecule has 0 radical (unpaired) electrons. The lowest BCUT2D eigenvalue weighted by atomic mass is 10.1. The standard InChI is InChI=1S/C11H16N4/c1-2-5-15-11(13)9(7-12)10(14-15)6-8-3-4-8/h8H,2-6,13H2,1H3. The molecule has 1 aliphatic rings. The van der Waals surface area contributed by atoms with Gasteiger partial charge in [0.25, 0.3) is 0 Å². The van der Waals surface area contributed by atoms with E-state index in [2.05, 4.69) is 18.1 Å². The number of nitriles is 1. The quantitative estimate of drug-likeness (QED) is 0.811. The van der Waals surface area contributed by atoms with Gasteiger partial charge in [-0.1, -0.05) is 6.92 Å². The summed E-state index contributed by atoms with van der Waals surface area (Å²) in [6, 6.07) is 2.17. The Morgan fingerprint density at radius 1 is 1.60 bits per heavy atom. The third-order valence-electron chi connectivity index (χ3n) is 2.79. The first-order valence-electron chi connectivity index (χ1n) is 5.51. The number of rotatable bonds is 4. The number of aryl methyl sites for hydroxylation is 1. The first-order valence-corrected chi connectivity index (χ1v) is 5.51. The molecule has 1 saturated carbocycles. The summed E-state index contributed by atoms with van der Waals surface area (Å²) in [5.41, 5.74) is 7.36. The summed E-state index contributed by atoms with van der Waals surface area (Å²) in [5.74, 6) is 1.27. The maximum absolute atomic E-state index is 9.03. The molecule has 15 heavy (non-hydrogen) atoms. The van der Waals surface area contributed by atoms with Crippen LogP contribution in [0.3, 0.4) is 0 Å². The zero-order chi connectivity index (χ0) is 10.8. The molecule has 0 unspecified atom stereocenters. The largest absolute Gasteiger partial charge is 0.383 e. The predicted molar refractivity (Wildman–Crippen MR) is 58.1 cm³/mol. The van der Waals surface area contributed by atoms with Crippen molar-refractivity contribution < 1.29 is 0 Å². The summed E-state index contributed by atoms with van der Waals surface area (Å²) in [5, 5.41) is 13.5. The van der Waals surface area contributed by atoms with Crippen LogP contribution in [0.1, 0.15) is 37.4 Å². The van der Waals surface area contributed by atoms with Gasteiger partial charge in [0, 0.05) is 6.54 Å². The van der Waals surface area contributed by atoms with E-state index >= 15 is 0 Å². The number of aromatic nitrogens is 2. The zero-order valence-corrected chi connectivity index (χ0v) is 9.03. The van der Waals surface area contributed by atoms with Crippen LogP contribution in [0.25, 0.3) is 0 Å². The van der Waals surface area contributed by atoms with Crippen molar-refractivity contribution in [3.63, 3.8) is 0 Å². The van der Waals surface area contributed by atoms with Crippen molar-refractivity contribution in [1.82, 2.24) is 9.78 Å². The molecule has 4 nitrogen and oxygen atoms in total. The van der Waals surface area contributed by atoms with E-state index in [9.17, 15) is 0 Å². The van der Waals surface area contributed by atoms with Crippen LogP contribution in [0.5, 0.6) is 0 Å². The van der Waals surface area contributed by atoms with E-state index in [1.807, 2.05) is 0 Å². The highest BCUT2D eigenvalue weighted by Crippen LogP contribution is 2.33. The predicted octanol–water partition coefficient (Wildman–Crippen LogP) is 1.70. The Morgan fingerprint density at radius 2 is 2.33 bits per heavy atom. The fraction of sp³-hybridized carbons (Fsp3) is 0.636. The average Bonchev–Trinajstić information content (AvgIpc) is 2.96. The molecule has 1 fully saturated rings. The van der Waals surface area contributed by atoms with Crippen LogP contribution >= 0.6 is 0 Å². The molecular formula is C11H16N4. The van der Waals surface area contributed by atoms with Crippen molar-refractivity contribution in [1.29, 1.82) is 5.26 Å². The summed E-state index contributed by atoms with van der Waals surface area (Å²) in [4.78, 5) is 0. The van der Waals surface area contributed by atoms with Crippen LogP contribution in [0, 0.1) is 17.2 Å². The van der Waals surface area contributed by atoms with E-state index < -0.39 is 0 Å². The monoisotopic (exact) mass is 204 g/mol. The number of hydrogen-bond donors (Lipinski definition) is 1. The molecule has 2 N–H and O–H groups in total. The smallest absolute Gasteiger partial charge is 0.140 e. The zero-order valence-electron chi connectivity index (χ0n) is 9.03. The molecule has 0 spiro atoms. The normalized spacial score (nSPS) is 15.2. The van der Waals surface area contributed by atoms with Crippen molar-refractivity contribution >= 4 is 5.82 Å². The van der Waals surface area contributed by atoms with Gasteiger partial charge in [0.1, 0.15) is 17.5 Å². The molecule has 1 heterocycles. The van der Waals surface area contributed by atoms with Crippen molar-refractivity contribution in [2.45, 2.75) is 39.2 Å². The Balaban J connectivity index is 2.27. The molecule has 0 aromatic carbocycles. The highest BCUT2D eigenvalue weighted by atomic mass is 15.3. The Labute approximate surface area is 89.7 Å². The average molecular weight is 204 g/mol. The molecule has 2 rings (SSSR count). The van der Waals surface area contributed by atoms with Crippen LogP contribution in [0.4, 0.5) is 5.82 Å². The van der Waals surface area contributed by atoms with Gasteiger partial charge in [0.15, 0.2) is 0 Å². The number of nitrogen functional groups attached to an aromatic ring is 1. The molecule has 0 amide bonds. The molecule has 0 saturated heterocycles. The summed E-state index contributed by atoms with van der Waals surface area (Å²) < 4.78 is 1.76. The molecule has 0 bridgehead atoms. The summed E-state index contributed by atoms with van der Waals surface area (Å²) >= 11 is 0. The molecule has 1 aliphatic carbocycles. The van der Waals surface area contributed by atoms with Gasteiger partial charge in [-0.25, -0.2) is 4.68 Å². The Hall–Kier alpha value is -1.50. The lowest BCUT2D eigenvalue weighted by Crippen LogP contribution is -2.04. The topological polar surface area (TPSA) is 67.6 Å². The van der Waals surface area contributed by atoms with Gasteiger partial charge < -0.3 is 5.73 Å². The second-order valence-corrected chi connectivity index (χ2v) is 4.19. The summed E-state index contributed by atoms with van der Waals surface area (Å²) in [6.07, 6.45) is 4.44. The third kappa shape index (κ3) is 1.96. The van der Waals surface area contributed by atoms with Crippen LogP contribution < -0.4 is 5.73 Å². The van der Waals surface area contributed by atoms with Gasteiger partial charge in [0.05, 0.1) is 5.69 Å². The van der Waals surface area contributed by atoms with Gasteiger partial charge in [-0.05, 0) is 31.6 Å². The van der Waals surface area contributed by atoms with Gasteiger partial charge in [-0.2, -0.15) is 10.4 Å². The van der Waals surface area contributed by atoms with E-state index in [4.69, 9.17) is 11.0 Å². The molecule has 1 aromatic heterocycles. The van der Waals surface area contributed by atoms with Crippen LogP contribution in [0.15, 0.2) is 0 Å². The Kier molecular flexibility index (Phi) is 2.63. The fourth-order valence-electron chi connectivity index (χ4n) is 1.77. The Morgan fingerprint density at radius 3 is 2.87 bits per heavy atom. The first kappa shape index (κ1) is 10.0. The maximum Gasteiger partial charge on any atom is 0.140 e. The van der Waals surface area contributed by atoms with E-state index in [1.54, 1.807) is 4.68 Å². The Bertz CT molecular complexity index is 395. The minimum absolute atomic E-state index is 0.537. The third-order valence-corrected chi connectivity index (χ3v) is 2.79. The van der Waals surface area contributed by atoms with E-state index in [0.29, 0.717) is 11.4 Å². The van der Waals surface area contributed by atoms with Crippen molar-refractivity contribution in [3.8, 4) is 6.07 Å². The van der Waals surface area contributed by atoms with Crippen molar-refractivity contribution in [3.05, 3.63) is 11.3 Å². The van der Waals surface area contributed by atoms with Gasteiger partial charge in [-0.15, -0.1) is 0 Å².